The highest BCUT2D eigenvalue weighted by Crippen LogP contribution is 2.30. The molecule has 0 bridgehead atoms. The summed E-state index contributed by atoms with van der Waals surface area (Å²) in [6.45, 7) is 1.22. The zero-order valence-corrected chi connectivity index (χ0v) is 12.8. The molecule has 1 heterocycles. The fraction of sp³-hybridized carbons (Fsp3) is 0.0588. The highest BCUT2D eigenvalue weighted by Gasteiger charge is 2.17. The highest BCUT2D eigenvalue weighted by molar-refractivity contribution is 5.91. The van der Waals surface area contributed by atoms with E-state index in [1.165, 1.54) is 19.1 Å². The van der Waals surface area contributed by atoms with Crippen molar-refractivity contribution in [3.05, 3.63) is 58.0 Å². The summed E-state index contributed by atoms with van der Waals surface area (Å²) in [7, 11) is 0. The van der Waals surface area contributed by atoms with Gasteiger partial charge >= 0.3 is 0 Å². The molecule has 25 heavy (non-hydrogen) atoms. The second-order valence-corrected chi connectivity index (χ2v) is 5.31. The molecule has 0 unspecified atom stereocenters. The summed E-state index contributed by atoms with van der Waals surface area (Å²) >= 11 is 0. The van der Waals surface area contributed by atoms with Crippen molar-refractivity contribution in [2.75, 3.05) is 11.1 Å². The molecule has 0 aliphatic rings. The Labute approximate surface area is 138 Å². The molecule has 8 heteroatoms. The molecule has 1 aromatic heterocycles. The van der Waals surface area contributed by atoms with Gasteiger partial charge in [0.15, 0.2) is 16.8 Å². The first-order chi connectivity index (χ1) is 11.8. The lowest BCUT2D eigenvalue weighted by atomic mass is 10.1. The van der Waals surface area contributed by atoms with E-state index >= 15 is 0 Å². The molecule has 0 aliphatic heterocycles. The third-order valence-corrected chi connectivity index (χ3v) is 3.51. The summed E-state index contributed by atoms with van der Waals surface area (Å²) in [4.78, 5) is 23.2. The second kappa shape index (κ2) is 5.97. The van der Waals surface area contributed by atoms with Gasteiger partial charge in [-0.15, -0.1) is 0 Å². The van der Waals surface area contributed by atoms with Gasteiger partial charge in [-0.25, -0.2) is 13.2 Å². The summed E-state index contributed by atoms with van der Waals surface area (Å²) in [5, 5.41) is 1.87. The minimum absolute atomic E-state index is 0.0584. The number of carbonyl (C=O) groups excluding carboxylic acids is 1. The average molecular weight is 348 g/mol. The number of benzene rings is 2. The molecule has 0 saturated heterocycles. The first-order valence-corrected chi connectivity index (χ1v) is 7.06. The van der Waals surface area contributed by atoms with Gasteiger partial charge in [-0.3, -0.25) is 9.59 Å². The number of rotatable bonds is 2. The lowest BCUT2D eigenvalue weighted by Crippen LogP contribution is -2.08. The van der Waals surface area contributed by atoms with Gasteiger partial charge in [0, 0.05) is 24.6 Å². The number of halogens is 3. The summed E-state index contributed by atoms with van der Waals surface area (Å²) in [5.74, 6) is -3.53. The van der Waals surface area contributed by atoms with Crippen LogP contribution in [0.25, 0.3) is 22.3 Å². The number of anilines is 2. The molecule has 0 atom stereocenters. The molecule has 0 saturated carbocycles. The molecule has 3 N–H and O–H groups in total. The normalized spacial score (nSPS) is 10.9. The van der Waals surface area contributed by atoms with Crippen LogP contribution in [0.5, 0.6) is 0 Å². The molecule has 3 rings (SSSR count). The third-order valence-electron chi connectivity index (χ3n) is 3.51. The predicted octanol–water partition coefficient (Wildman–Crippen LogP) is 3.42. The largest absolute Gasteiger partial charge is 0.453 e. The first kappa shape index (κ1) is 16.6. The zero-order chi connectivity index (χ0) is 18.3. The number of hydrogen-bond donors (Lipinski definition) is 2. The minimum atomic E-state index is -1.10. The summed E-state index contributed by atoms with van der Waals surface area (Å²) in [5.41, 5.74) is 3.73. The number of hydrogen-bond acceptors (Lipinski definition) is 4. The molecule has 0 aliphatic carbocycles. The quantitative estimate of drug-likeness (QED) is 0.695. The van der Waals surface area contributed by atoms with E-state index in [9.17, 15) is 22.8 Å². The van der Waals surface area contributed by atoms with E-state index in [1.54, 1.807) is 0 Å². The molecule has 0 radical (unpaired) electrons. The van der Waals surface area contributed by atoms with Gasteiger partial charge in [-0.05, 0) is 18.2 Å². The molecule has 1 amide bonds. The van der Waals surface area contributed by atoms with Gasteiger partial charge < -0.3 is 15.5 Å². The van der Waals surface area contributed by atoms with Crippen molar-refractivity contribution in [3.8, 4) is 11.3 Å². The van der Waals surface area contributed by atoms with Crippen LogP contribution in [0.2, 0.25) is 0 Å². The second-order valence-electron chi connectivity index (χ2n) is 5.31. The number of amides is 1. The van der Waals surface area contributed by atoms with Gasteiger partial charge in [-0.2, -0.15) is 0 Å². The van der Waals surface area contributed by atoms with Crippen molar-refractivity contribution >= 4 is 28.3 Å². The van der Waals surface area contributed by atoms with Gasteiger partial charge in [0.1, 0.15) is 17.4 Å². The van der Waals surface area contributed by atoms with E-state index in [0.29, 0.717) is 6.07 Å². The molecule has 2 aromatic carbocycles. The number of nitrogens with two attached hydrogens (primary N) is 1. The van der Waals surface area contributed by atoms with Crippen LogP contribution in [0.1, 0.15) is 6.92 Å². The SMILES string of the molecule is CC(=O)Nc1ccc(-c2cc(=O)c3c(N)c(F)cc(F)c3o2)cc1F. The Balaban J connectivity index is 2.19. The minimum Gasteiger partial charge on any atom is -0.453 e. The number of nitrogen functional groups attached to an aromatic ring is 1. The summed E-state index contributed by atoms with van der Waals surface area (Å²) < 4.78 is 46.7. The van der Waals surface area contributed by atoms with Crippen LogP contribution < -0.4 is 16.5 Å². The van der Waals surface area contributed by atoms with Crippen molar-refractivity contribution in [1.82, 2.24) is 0 Å². The van der Waals surface area contributed by atoms with E-state index in [0.717, 1.165) is 12.1 Å². The van der Waals surface area contributed by atoms with Gasteiger partial charge in [0.05, 0.1) is 16.8 Å². The maximum atomic E-state index is 14.0. The molecule has 128 valence electrons. The van der Waals surface area contributed by atoms with E-state index < -0.39 is 45.4 Å². The molecule has 0 fully saturated rings. The Hall–Kier alpha value is -3.29. The Bertz CT molecular complexity index is 1080. The molecule has 0 spiro atoms. The molecular weight excluding hydrogens is 337 g/mol. The number of nitrogens with one attached hydrogen (secondary N) is 1. The average Bonchev–Trinajstić information content (AvgIpc) is 2.53. The van der Waals surface area contributed by atoms with E-state index in [2.05, 4.69) is 5.32 Å². The summed E-state index contributed by atoms with van der Waals surface area (Å²) in [6.07, 6.45) is 0. The van der Waals surface area contributed by atoms with E-state index in [4.69, 9.17) is 10.2 Å². The fourth-order valence-electron chi connectivity index (χ4n) is 2.39. The van der Waals surface area contributed by atoms with E-state index in [-0.39, 0.29) is 17.0 Å². The van der Waals surface area contributed by atoms with Crippen molar-refractivity contribution in [2.45, 2.75) is 6.92 Å². The fourth-order valence-corrected chi connectivity index (χ4v) is 2.39. The van der Waals surface area contributed by atoms with Crippen LogP contribution >= 0.6 is 0 Å². The summed E-state index contributed by atoms with van der Waals surface area (Å²) in [6, 6.07) is 5.13. The van der Waals surface area contributed by atoms with E-state index in [1.807, 2.05) is 0 Å². The highest BCUT2D eigenvalue weighted by atomic mass is 19.1. The van der Waals surface area contributed by atoms with Crippen LogP contribution in [0.4, 0.5) is 24.5 Å². The van der Waals surface area contributed by atoms with Crippen molar-refractivity contribution in [1.29, 1.82) is 0 Å². The Morgan fingerprint density at radius 1 is 1.08 bits per heavy atom. The topological polar surface area (TPSA) is 85.3 Å². The van der Waals surface area contributed by atoms with Gasteiger partial charge in [0.2, 0.25) is 5.91 Å². The van der Waals surface area contributed by atoms with Crippen LogP contribution in [-0.4, -0.2) is 5.91 Å². The monoisotopic (exact) mass is 348 g/mol. The number of fused-ring (bicyclic) bond motifs is 1. The smallest absolute Gasteiger partial charge is 0.221 e. The van der Waals surface area contributed by atoms with Gasteiger partial charge in [-0.1, -0.05) is 0 Å². The molecule has 5 nitrogen and oxygen atoms in total. The number of carbonyl (C=O) groups is 1. The zero-order valence-electron chi connectivity index (χ0n) is 12.8. The predicted molar refractivity (Wildman–Crippen MR) is 86.5 cm³/mol. The lowest BCUT2D eigenvalue weighted by Gasteiger charge is -2.08. The molecule has 3 aromatic rings. The molecular formula is C17H11F3N2O3. The third kappa shape index (κ3) is 2.93. The maximum absolute atomic E-state index is 14.0. The van der Waals surface area contributed by atoms with Crippen LogP contribution in [0.3, 0.4) is 0 Å². The maximum Gasteiger partial charge on any atom is 0.221 e. The standard InChI is InChI=1S/C17H11F3N2O3/c1-7(23)22-12-3-2-8(4-9(12)18)14-6-13(24)15-16(21)10(19)5-11(20)17(15)25-14/h2-6H,21H2,1H3,(H,22,23). The Morgan fingerprint density at radius 2 is 1.80 bits per heavy atom. The van der Waals surface area contributed by atoms with Gasteiger partial charge in [0.25, 0.3) is 0 Å². The Morgan fingerprint density at radius 3 is 2.44 bits per heavy atom. The van der Waals surface area contributed by atoms with Crippen LogP contribution in [-0.2, 0) is 4.79 Å². The lowest BCUT2D eigenvalue weighted by molar-refractivity contribution is -0.114. The van der Waals surface area contributed by atoms with Crippen LogP contribution in [0.15, 0.2) is 39.5 Å². The van der Waals surface area contributed by atoms with Crippen molar-refractivity contribution in [2.24, 2.45) is 0 Å². The van der Waals surface area contributed by atoms with Crippen LogP contribution in [0, 0.1) is 17.5 Å². The van der Waals surface area contributed by atoms with Crippen molar-refractivity contribution in [3.63, 3.8) is 0 Å². The first-order valence-electron chi connectivity index (χ1n) is 7.06. The van der Waals surface area contributed by atoms with Crippen molar-refractivity contribution < 1.29 is 22.4 Å². The Kier molecular flexibility index (Phi) is 3.96.